The fourth-order valence-electron chi connectivity index (χ4n) is 7.03. The van der Waals surface area contributed by atoms with Crippen molar-refractivity contribution in [2.45, 2.75) is 246 Å². The number of ether oxygens (including phenoxy) is 3. The number of hydrogen-bond donors (Lipinski definition) is 0. The molecule has 0 bridgehead atoms. The maximum atomic E-state index is 6.52. The summed E-state index contributed by atoms with van der Waals surface area (Å²) in [6.45, 7) is 11.4. The van der Waals surface area contributed by atoms with Crippen LogP contribution in [0.5, 0.6) is 17.2 Å². The maximum absolute atomic E-state index is 6.52. The van der Waals surface area contributed by atoms with Crippen molar-refractivity contribution in [3.8, 4) is 17.2 Å². The Morgan fingerprint density at radius 2 is 0.540 bits per heavy atom. The third-order valence-electron chi connectivity index (χ3n) is 10.5. The van der Waals surface area contributed by atoms with Crippen LogP contribution >= 0.6 is 0 Å². The monoisotopic (exact) mass is 701 g/mol. The zero-order valence-corrected chi connectivity index (χ0v) is 34.5. The first-order valence-electron chi connectivity index (χ1n) is 22.8. The van der Waals surface area contributed by atoms with Gasteiger partial charge in [-0.25, -0.2) is 0 Å². The van der Waals surface area contributed by atoms with Gasteiger partial charge in [0.05, 0.1) is 19.8 Å². The molecule has 1 rings (SSSR count). The Hall–Kier alpha value is -1.38. The van der Waals surface area contributed by atoms with Crippen LogP contribution in [0.2, 0.25) is 0 Å². The predicted octanol–water partition coefficient (Wildman–Crippen LogP) is 16.3. The van der Waals surface area contributed by atoms with Crippen molar-refractivity contribution in [2.24, 2.45) is 0 Å². The number of aryl methyl sites for hydroxylation is 1. The standard InChI is InChI=1S/C47H88O3/c1-5-9-12-15-18-21-24-27-30-33-36-39-48-45-42-44(8-4)43-46(49-40-37-34-31-28-25-22-19-16-13-10-6-2)47(45)50-41-38-35-32-29-26-23-20-17-14-11-7-3/h42-43H,5-41H2,1-4H3. The van der Waals surface area contributed by atoms with Crippen LogP contribution in [0, 0.1) is 0 Å². The van der Waals surface area contributed by atoms with Crippen LogP contribution in [0.25, 0.3) is 0 Å². The molecule has 0 aliphatic rings. The summed E-state index contributed by atoms with van der Waals surface area (Å²) in [6.07, 6.45) is 45.5. The van der Waals surface area contributed by atoms with Crippen LogP contribution in [0.1, 0.15) is 245 Å². The fourth-order valence-corrected chi connectivity index (χ4v) is 7.03. The molecule has 0 saturated heterocycles. The largest absolute Gasteiger partial charge is 0.490 e. The second-order valence-electron chi connectivity index (χ2n) is 15.4. The molecule has 50 heavy (non-hydrogen) atoms. The van der Waals surface area contributed by atoms with Gasteiger partial charge in [0.2, 0.25) is 5.75 Å². The molecule has 0 radical (unpaired) electrons. The molecule has 1 aromatic carbocycles. The summed E-state index contributed by atoms with van der Waals surface area (Å²) >= 11 is 0. The maximum Gasteiger partial charge on any atom is 0.203 e. The minimum Gasteiger partial charge on any atom is -0.490 e. The molecule has 0 aliphatic carbocycles. The van der Waals surface area contributed by atoms with Gasteiger partial charge in [-0.2, -0.15) is 0 Å². The van der Waals surface area contributed by atoms with Crippen LogP contribution in [0.15, 0.2) is 12.1 Å². The summed E-state index contributed by atoms with van der Waals surface area (Å²) < 4.78 is 19.5. The van der Waals surface area contributed by atoms with Gasteiger partial charge in [-0.15, -0.1) is 0 Å². The van der Waals surface area contributed by atoms with E-state index in [1.165, 1.54) is 198 Å². The van der Waals surface area contributed by atoms with E-state index in [-0.39, 0.29) is 0 Å². The molecule has 0 N–H and O–H groups in total. The molecule has 3 nitrogen and oxygen atoms in total. The van der Waals surface area contributed by atoms with Crippen molar-refractivity contribution in [2.75, 3.05) is 19.8 Å². The van der Waals surface area contributed by atoms with Crippen molar-refractivity contribution in [1.29, 1.82) is 0 Å². The highest BCUT2D eigenvalue weighted by atomic mass is 16.5. The molecule has 294 valence electrons. The van der Waals surface area contributed by atoms with Crippen LogP contribution < -0.4 is 14.2 Å². The second kappa shape index (κ2) is 37.4. The molecule has 3 heteroatoms. The average Bonchev–Trinajstić information content (AvgIpc) is 3.13. The number of hydrogen-bond acceptors (Lipinski definition) is 3. The van der Waals surface area contributed by atoms with Gasteiger partial charge in [-0.1, -0.05) is 220 Å². The Balaban J connectivity index is 2.51. The molecule has 0 aromatic heterocycles. The van der Waals surface area contributed by atoms with Crippen molar-refractivity contribution < 1.29 is 14.2 Å². The summed E-state index contributed by atoms with van der Waals surface area (Å²) in [5, 5.41) is 0. The highest BCUT2D eigenvalue weighted by Gasteiger charge is 2.16. The predicted molar refractivity (Wildman–Crippen MR) is 222 cm³/mol. The lowest BCUT2D eigenvalue weighted by Crippen LogP contribution is -2.07. The lowest BCUT2D eigenvalue weighted by molar-refractivity contribution is 0.234. The molecule has 0 heterocycles. The molecule has 0 spiro atoms. The molecule has 1 aromatic rings. The van der Waals surface area contributed by atoms with E-state index in [0.717, 1.165) is 62.8 Å². The highest BCUT2D eigenvalue weighted by molar-refractivity contribution is 5.54. The molecular weight excluding hydrogens is 613 g/mol. The van der Waals surface area contributed by atoms with E-state index in [9.17, 15) is 0 Å². The molecule has 0 unspecified atom stereocenters. The van der Waals surface area contributed by atoms with Gasteiger partial charge in [0.25, 0.3) is 0 Å². The summed E-state index contributed by atoms with van der Waals surface area (Å²) in [4.78, 5) is 0. The first-order valence-corrected chi connectivity index (χ1v) is 22.8. The van der Waals surface area contributed by atoms with E-state index in [4.69, 9.17) is 14.2 Å². The van der Waals surface area contributed by atoms with E-state index in [2.05, 4.69) is 39.8 Å². The van der Waals surface area contributed by atoms with Crippen LogP contribution in [-0.2, 0) is 6.42 Å². The van der Waals surface area contributed by atoms with E-state index in [1.54, 1.807) is 0 Å². The first kappa shape index (κ1) is 46.6. The van der Waals surface area contributed by atoms with Crippen molar-refractivity contribution >= 4 is 0 Å². The smallest absolute Gasteiger partial charge is 0.203 e. The quantitative estimate of drug-likeness (QED) is 0.0638. The third kappa shape index (κ3) is 28.2. The van der Waals surface area contributed by atoms with E-state index >= 15 is 0 Å². The van der Waals surface area contributed by atoms with Crippen LogP contribution in [-0.4, -0.2) is 19.8 Å². The minimum absolute atomic E-state index is 0.742. The Morgan fingerprint density at radius 1 is 0.300 bits per heavy atom. The number of rotatable bonds is 40. The molecule has 0 atom stereocenters. The zero-order chi connectivity index (χ0) is 36.0. The van der Waals surface area contributed by atoms with Gasteiger partial charge in [-0.3, -0.25) is 0 Å². The van der Waals surface area contributed by atoms with Crippen LogP contribution in [0.4, 0.5) is 0 Å². The van der Waals surface area contributed by atoms with Crippen molar-refractivity contribution in [3.05, 3.63) is 17.7 Å². The van der Waals surface area contributed by atoms with Gasteiger partial charge >= 0.3 is 0 Å². The van der Waals surface area contributed by atoms with Gasteiger partial charge in [0.15, 0.2) is 11.5 Å². The van der Waals surface area contributed by atoms with Gasteiger partial charge in [0, 0.05) is 0 Å². The summed E-state index contributed by atoms with van der Waals surface area (Å²) in [5.74, 6) is 2.64. The van der Waals surface area contributed by atoms with Crippen molar-refractivity contribution in [1.82, 2.24) is 0 Å². The summed E-state index contributed by atoms with van der Waals surface area (Å²) in [6, 6.07) is 4.42. The molecule has 0 fully saturated rings. The normalized spacial score (nSPS) is 11.4. The minimum atomic E-state index is 0.742. The second-order valence-corrected chi connectivity index (χ2v) is 15.4. The summed E-state index contributed by atoms with van der Waals surface area (Å²) in [7, 11) is 0. The Morgan fingerprint density at radius 3 is 0.800 bits per heavy atom. The van der Waals surface area contributed by atoms with Crippen LogP contribution in [0.3, 0.4) is 0 Å². The highest BCUT2D eigenvalue weighted by Crippen LogP contribution is 2.40. The fraction of sp³-hybridized carbons (Fsp3) is 0.872. The Labute approximate surface area is 314 Å². The molecule has 0 aliphatic heterocycles. The number of unbranched alkanes of at least 4 members (excludes halogenated alkanes) is 30. The lowest BCUT2D eigenvalue weighted by atomic mass is 10.1. The molecule has 0 amide bonds. The topological polar surface area (TPSA) is 27.7 Å². The first-order chi connectivity index (χ1) is 24.8. The zero-order valence-electron chi connectivity index (χ0n) is 34.5. The van der Waals surface area contributed by atoms with Gasteiger partial charge in [0.1, 0.15) is 0 Å². The molecule has 0 saturated carbocycles. The summed E-state index contributed by atoms with van der Waals surface area (Å²) in [5.41, 5.74) is 1.27. The SMILES string of the molecule is CCCCCCCCCCCCCOc1cc(CC)cc(OCCCCCCCCCCCCC)c1OCCCCCCCCCCCCC. The van der Waals surface area contributed by atoms with Gasteiger partial charge < -0.3 is 14.2 Å². The molecular formula is C47H88O3. The van der Waals surface area contributed by atoms with E-state index in [0.29, 0.717) is 0 Å². The third-order valence-corrected chi connectivity index (χ3v) is 10.5. The Kier molecular flexibility index (Phi) is 34.9. The van der Waals surface area contributed by atoms with E-state index < -0.39 is 0 Å². The van der Waals surface area contributed by atoms with E-state index in [1.807, 2.05) is 0 Å². The van der Waals surface area contributed by atoms with Gasteiger partial charge in [-0.05, 0) is 43.4 Å². The number of benzene rings is 1. The average molecular weight is 701 g/mol. The van der Waals surface area contributed by atoms with Crippen molar-refractivity contribution in [3.63, 3.8) is 0 Å². The lowest BCUT2D eigenvalue weighted by Gasteiger charge is -2.19. The Bertz CT molecular complexity index is 772.